The minimum atomic E-state index is -4.54. The number of benzene rings is 2. The van der Waals surface area contributed by atoms with Gasteiger partial charge in [0.05, 0.1) is 22.4 Å². The van der Waals surface area contributed by atoms with Gasteiger partial charge in [-0.15, -0.1) is 0 Å². The van der Waals surface area contributed by atoms with Gasteiger partial charge < -0.3 is 0 Å². The summed E-state index contributed by atoms with van der Waals surface area (Å²) in [6.45, 7) is 1.25. The Kier molecular flexibility index (Phi) is 3.05. The predicted octanol–water partition coefficient (Wildman–Crippen LogP) is 3.81. The highest BCUT2D eigenvalue weighted by Crippen LogP contribution is 2.38. The maximum Gasteiger partial charge on any atom is 0.416 e. The summed E-state index contributed by atoms with van der Waals surface area (Å²) in [7, 11) is 0. The predicted molar refractivity (Wildman–Crippen MR) is 73.8 cm³/mol. The molecular formula is C16H10F3NO2. The lowest BCUT2D eigenvalue weighted by Crippen LogP contribution is -2.30. The first-order chi connectivity index (χ1) is 10.3. The van der Waals surface area contributed by atoms with Crippen molar-refractivity contribution in [2.45, 2.75) is 13.1 Å². The van der Waals surface area contributed by atoms with Crippen molar-refractivity contribution in [3.8, 4) is 0 Å². The highest BCUT2D eigenvalue weighted by molar-refractivity contribution is 6.34. The number of carbonyl (C=O) groups is 2. The Bertz CT molecular complexity index is 761. The second kappa shape index (κ2) is 4.69. The number of nitrogens with zero attached hydrogens (tertiary/aromatic N) is 1. The molecule has 2 amide bonds. The van der Waals surface area contributed by atoms with Crippen LogP contribution in [0.2, 0.25) is 0 Å². The molecule has 0 aliphatic carbocycles. The summed E-state index contributed by atoms with van der Waals surface area (Å²) in [6.07, 6.45) is -4.54. The fourth-order valence-electron chi connectivity index (χ4n) is 2.58. The first-order valence-electron chi connectivity index (χ1n) is 6.47. The molecule has 22 heavy (non-hydrogen) atoms. The molecule has 0 saturated carbocycles. The molecule has 1 heterocycles. The van der Waals surface area contributed by atoms with Gasteiger partial charge >= 0.3 is 6.18 Å². The molecule has 0 aromatic heterocycles. The quantitative estimate of drug-likeness (QED) is 0.751. The van der Waals surface area contributed by atoms with Crippen LogP contribution in [0, 0.1) is 6.92 Å². The summed E-state index contributed by atoms with van der Waals surface area (Å²) in [5.41, 5.74) is -0.652. The smallest absolute Gasteiger partial charge is 0.268 e. The van der Waals surface area contributed by atoms with Gasteiger partial charge in [-0.3, -0.25) is 9.59 Å². The number of rotatable bonds is 1. The average Bonchev–Trinajstić information content (AvgIpc) is 2.71. The highest BCUT2D eigenvalue weighted by Gasteiger charge is 2.39. The van der Waals surface area contributed by atoms with E-state index < -0.39 is 23.6 Å². The number of hydrogen-bond donors (Lipinski definition) is 0. The van der Waals surface area contributed by atoms with E-state index in [0.717, 1.165) is 11.0 Å². The molecular weight excluding hydrogens is 295 g/mol. The van der Waals surface area contributed by atoms with Crippen molar-refractivity contribution in [2.24, 2.45) is 0 Å². The number of imide groups is 1. The van der Waals surface area contributed by atoms with Crippen molar-refractivity contribution >= 4 is 17.5 Å². The molecule has 6 heteroatoms. The van der Waals surface area contributed by atoms with Gasteiger partial charge in [-0.05, 0) is 36.8 Å². The Hall–Kier alpha value is -2.63. The van der Waals surface area contributed by atoms with Crippen molar-refractivity contribution in [2.75, 3.05) is 4.90 Å². The zero-order valence-corrected chi connectivity index (χ0v) is 11.4. The van der Waals surface area contributed by atoms with E-state index in [2.05, 4.69) is 0 Å². The van der Waals surface area contributed by atoms with Gasteiger partial charge in [-0.25, -0.2) is 4.90 Å². The number of fused-ring (bicyclic) bond motifs is 1. The number of amides is 2. The van der Waals surface area contributed by atoms with E-state index in [0.29, 0.717) is 0 Å². The molecule has 1 aliphatic heterocycles. The minimum Gasteiger partial charge on any atom is -0.268 e. The Labute approximate surface area is 124 Å². The Morgan fingerprint density at radius 2 is 1.41 bits per heavy atom. The molecule has 0 saturated heterocycles. The van der Waals surface area contributed by atoms with E-state index in [1.165, 1.54) is 31.2 Å². The molecule has 0 N–H and O–H groups in total. The van der Waals surface area contributed by atoms with Crippen molar-refractivity contribution < 1.29 is 22.8 Å². The fraction of sp³-hybridized carbons (Fsp3) is 0.125. The van der Waals surface area contributed by atoms with Crippen molar-refractivity contribution in [1.82, 2.24) is 0 Å². The molecule has 3 rings (SSSR count). The Morgan fingerprint density at radius 3 is 1.91 bits per heavy atom. The molecule has 0 unspecified atom stereocenters. The zero-order valence-electron chi connectivity index (χ0n) is 11.4. The van der Waals surface area contributed by atoms with Crippen LogP contribution >= 0.6 is 0 Å². The van der Waals surface area contributed by atoms with E-state index in [4.69, 9.17) is 0 Å². The first kappa shape index (κ1) is 14.3. The molecule has 0 atom stereocenters. The first-order valence-corrected chi connectivity index (χ1v) is 6.47. The molecule has 112 valence electrons. The summed E-state index contributed by atoms with van der Waals surface area (Å²) < 4.78 is 39.0. The second-order valence-electron chi connectivity index (χ2n) is 4.94. The molecule has 0 radical (unpaired) electrons. The van der Waals surface area contributed by atoms with Crippen LogP contribution in [0.4, 0.5) is 18.9 Å². The Balaban J connectivity index is 2.15. The van der Waals surface area contributed by atoms with Gasteiger partial charge in [-0.1, -0.05) is 18.2 Å². The monoisotopic (exact) mass is 305 g/mol. The van der Waals surface area contributed by atoms with E-state index in [1.54, 1.807) is 12.1 Å². The number of anilines is 1. The molecule has 0 fully saturated rings. The lowest BCUT2D eigenvalue weighted by molar-refractivity contribution is -0.138. The van der Waals surface area contributed by atoms with Crippen LogP contribution in [-0.4, -0.2) is 11.8 Å². The fourth-order valence-corrected chi connectivity index (χ4v) is 2.58. The standard InChI is InChI=1S/C16H10F3NO2/c1-9-12(16(17,18)19)7-4-8-13(9)20-14(21)10-5-2-3-6-11(10)15(20)22/h2-8H,1H3. The van der Waals surface area contributed by atoms with Crippen LogP contribution in [0.3, 0.4) is 0 Å². The van der Waals surface area contributed by atoms with Gasteiger partial charge in [0.15, 0.2) is 0 Å². The minimum absolute atomic E-state index is 0.0407. The van der Waals surface area contributed by atoms with Gasteiger partial charge in [0.1, 0.15) is 0 Å². The highest BCUT2D eigenvalue weighted by atomic mass is 19.4. The van der Waals surface area contributed by atoms with Gasteiger partial charge in [0.2, 0.25) is 0 Å². The van der Waals surface area contributed by atoms with Gasteiger partial charge in [0, 0.05) is 0 Å². The van der Waals surface area contributed by atoms with Crippen LogP contribution < -0.4 is 4.90 Å². The van der Waals surface area contributed by atoms with Crippen LogP contribution in [0.25, 0.3) is 0 Å². The van der Waals surface area contributed by atoms with E-state index in [-0.39, 0.29) is 22.4 Å². The number of alkyl halides is 3. The molecule has 1 aliphatic rings. The van der Waals surface area contributed by atoms with E-state index >= 15 is 0 Å². The third-order valence-corrected chi connectivity index (χ3v) is 3.65. The molecule has 0 spiro atoms. The maximum atomic E-state index is 13.0. The average molecular weight is 305 g/mol. The van der Waals surface area contributed by atoms with Gasteiger partial charge in [0.25, 0.3) is 11.8 Å². The van der Waals surface area contributed by atoms with E-state index in [9.17, 15) is 22.8 Å². The lowest BCUT2D eigenvalue weighted by atomic mass is 10.1. The van der Waals surface area contributed by atoms with Crippen molar-refractivity contribution in [3.63, 3.8) is 0 Å². The SMILES string of the molecule is Cc1c(N2C(=O)c3ccccc3C2=O)cccc1C(F)(F)F. The zero-order chi connectivity index (χ0) is 16.1. The topological polar surface area (TPSA) is 37.4 Å². The van der Waals surface area contributed by atoms with E-state index in [1.807, 2.05) is 0 Å². The molecule has 2 aromatic rings. The molecule has 3 nitrogen and oxygen atoms in total. The van der Waals surface area contributed by atoms with Crippen LogP contribution in [-0.2, 0) is 6.18 Å². The summed E-state index contributed by atoms with van der Waals surface area (Å²) in [5, 5.41) is 0. The third-order valence-electron chi connectivity index (χ3n) is 3.65. The Morgan fingerprint density at radius 1 is 0.864 bits per heavy atom. The second-order valence-corrected chi connectivity index (χ2v) is 4.94. The normalized spacial score (nSPS) is 14.5. The number of halogens is 3. The number of carbonyl (C=O) groups excluding carboxylic acids is 2. The van der Waals surface area contributed by atoms with Crippen LogP contribution in [0.5, 0.6) is 0 Å². The molecule has 0 bridgehead atoms. The van der Waals surface area contributed by atoms with Crippen LogP contribution in [0.1, 0.15) is 31.8 Å². The maximum absolute atomic E-state index is 13.0. The largest absolute Gasteiger partial charge is 0.416 e. The van der Waals surface area contributed by atoms with Crippen molar-refractivity contribution in [1.29, 1.82) is 0 Å². The molecule has 2 aromatic carbocycles. The summed E-state index contributed by atoms with van der Waals surface area (Å²) >= 11 is 0. The van der Waals surface area contributed by atoms with Crippen LogP contribution in [0.15, 0.2) is 42.5 Å². The summed E-state index contributed by atoms with van der Waals surface area (Å²) in [5.74, 6) is -1.22. The van der Waals surface area contributed by atoms with Gasteiger partial charge in [-0.2, -0.15) is 13.2 Å². The van der Waals surface area contributed by atoms with Crippen molar-refractivity contribution in [3.05, 3.63) is 64.7 Å². The number of hydrogen-bond acceptors (Lipinski definition) is 2. The summed E-state index contributed by atoms with van der Waals surface area (Å²) in [6, 6.07) is 9.63. The summed E-state index contributed by atoms with van der Waals surface area (Å²) in [4.78, 5) is 25.5. The lowest BCUT2D eigenvalue weighted by Gasteiger charge is -2.19. The third kappa shape index (κ3) is 1.99.